The fourth-order valence-corrected chi connectivity index (χ4v) is 2.47. The standard InChI is InChI=1S/C12H10Br2N2O3/c1-7(11-4-5-12(14)19-11)15-8-2-3-10(16(17)18)9(13)6-8/h2-7,15H,1H3. The second kappa shape index (κ2) is 5.75. The van der Waals surface area contributed by atoms with Crippen LogP contribution in [0.1, 0.15) is 18.7 Å². The minimum absolute atomic E-state index is 0.0407. The third-order valence-corrected chi connectivity index (χ3v) is 3.61. The van der Waals surface area contributed by atoms with Gasteiger partial charge in [0.1, 0.15) is 5.76 Å². The van der Waals surface area contributed by atoms with Gasteiger partial charge in [-0.3, -0.25) is 10.1 Å². The lowest BCUT2D eigenvalue weighted by molar-refractivity contribution is -0.385. The molecule has 0 spiro atoms. The van der Waals surface area contributed by atoms with Gasteiger partial charge in [-0.25, -0.2) is 0 Å². The highest BCUT2D eigenvalue weighted by Gasteiger charge is 2.14. The SMILES string of the molecule is CC(Nc1ccc([N+](=O)[O-])c(Br)c1)c1ccc(Br)o1. The summed E-state index contributed by atoms with van der Waals surface area (Å²) in [5.41, 5.74) is 0.816. The maximum Gasteiger partial charge on any atom is 0.283 e. The largest absolute Gasteiger partial charge is 0.452 e. The summed E-state index contributed by atoms with van der Waals surface area (Å²) in [4.78, 5) is 10.3. The summed E-state index contributed by atoms with van der Waals surface area (Å²) in [6.45, 7) is 1.95. The summed E-state index contributed by atoms with van der Waals surface area (Å²) in [7, 11) is 0. The number of benzene rings is 1. The number of nitro benzene ring substituents is 1. The average Bonchev–Trinajstić information content (AvgIpc) is 2.75. The van der Waals surface area contributed by atoms with E-state index in [1.165, 1.54) is 6.07 Å². The minimum atomic E-state index is -0.430. The van der Waals surface area contributed by atoms with E-state index < -0.39 is 4.92 Å². The number of hydrogen-bond acceptors (Lipinski definition) is 4. The van der Waals surface area contributed by atoms with Crippen LogP contribution in [0.2, 0.25) is 0 Å². The van der Waals surface area contributed by atoms with Crippen molar-refractivity contribution in [2.45, 2.75) is 13.0 Å². The molecule has 1 atom stereocenters. The quantitative estimate of drug-likeness (QED) is 0.597. The van der Waals surface area contributed by atoms with E-state index in [4.69, 9.17) is 4.42 Å². The summed E-state index contributed by atoms with van der Waals surface area (Å²) < 4.78 is 6.55. The predicted molar refractivity (Wildman–Crippen MR) is 79.2 cm³/mol. The number of furan rings is 1. The number of hydrogen-bond donors (Lipinski definition) is 1. The topological polar surface area (TPSA) is 68.3 Å². The van der Waals surface area contributed by atoms with E-state index in [1.807, 2.05) is 19.1 Å². The monoisotopic (exact) mass is 388 g/mol. The van der Waals surface area contributed by atoms with Crippen molar-refractivity contribution in [2.24, 2.45) is 0 Å². The van der Waals surface area contributed by atoms with Crippen molar-refractivity contribution in [1.82, 2.24) is 0 Å². The molecule has 19 heavy (non-hydrogen) atoms. The van der Waals surface area contributed by atoms with Gasteiger partial charge in [-0.2, -0.15) is 0 Å². The lowest BCUT2D eigenvalue weighted by Gasteiger charge is -2.13. The summed E-state index contributed by atoms with van der Waals surface area (Å²) in [6, 6.07) is 8.43. The van der Waals surface area contributed by atoms with Crippen molar-refractivity contribution in [3.05, 3.63) is 55.3 Å². The average molecular weight is 390 g/mol. The van der Waals surface area contributed by atoms with E-state index in [0.29, 0.717) is 9.14 Å². The number of anilines is 1. The third-order valence-electron chi connectivity index (χ3n) is 2.55. The van der Waals surface area contributed by atoms with E-state index in [0.717, 1.165) is 11.4 Å². The Morgan fingerprint density at radius 2 is 2.05 bits per heavy atom. The zero-order valence-corrected chi connectivity index (χ0v) is 13.1. The van der Waals surface area contributed by atoms with Crippen LogP contribution in [0, 0.1) is 10.1 Å². The Morgan fingerprint density at radius 3 is 2.58 bits per heavy atom. The Morgan fingerprint density at radius 1 is 1.32 bits per heavy atom. The van der Waals surface area contributed by atoms with Gasteiger partial charge >= 0.3 is 0 Å². The molecule has 1 N–H and O–H groups in total. The molecule has 1 aromatic heterocycles. The van der Waals surface area contributed by atoms with Gasteiger partial charge in [-0.1, -0.05) is 0 Å². The van der Waals surface area contributed by atoms with E-state index in [9.17, 15) is 10.1 Å². The van der Waals surface area contributed by atoms with Crippen LogP contribution in [0.3, 0.4) is 0 Å². The first-order valence-corrected chi connectivity index (χ1v) is 7.01. The first kappa shape index (κ1) is 14.1. The van der Waals surface area contributed by atoms with Crippen LogP contribution in [-0.2, 0) is 0 Å². The van der Waals surface area contributed by atoms with Crippen LogP contribution in [0.5, 0.6) is 0 Å². The number of nitrogens with zero attached hydrogens (tertiary/aromatic N) is 1. The molecule has 0 aliphatic heterocycles. The molecule has 5 nitrogen and oxygen atoms in total. The van der Waals surface area contributed by atoms with Crippen molar-refractivity contribution >= 4 is 43.2 Å². The first-order chi connectivity index (χ1) is 8.97. The fourth-order valence-electron chi connectivity index (χ4n) is 1.63. The van der Waals surface area contributed by atoms with E-state index in [-0.39, 0.29) is 11.7 Å². The fraction of sp³-hybridized carbons (Fsp3) is 0.167. The molecular weight excluding hydrogens is 380 g/mol. The second-order valence-corrected chi connectivity index (χ2v) is 5.57. The minimum Gasteiger partial charge on any atom is -0.452 e. The zero-order chi connectivity index (χ0) is 14.0. The number of nitro groups is 1. The molecule has 1 unspecified atom stereocenters. The van der Waals surface area contributed by atoms with Crippen molar-refractivity contribution in [3.8, 4) is 0 Å². The van der Waals surface area contributed by atoms with Gasteiger partial charge in [-0.15, -0.1) is 0 Å². The summed E-state index contributed by atoms with van der Waals surface area (Å²) in [6.07, 6.45) is 0. The van der Waals surface area contributed by atoms with Crippen molar-refractivity contribution < 1.29 is 9.34 Å². The Labute approximate surface area is 126 Å². The molecule has 2 aromatic rings. The molecule has 0 saturated carbocycles. The van der Waals surface area contributed by atoms with Gasteiger partial charge in [0, 0.05) is 11.8 Å². The van der Waals surface area contributed by atoms with Crippen LogP contribution >= 0.6 is 31.9 Å². The van der Waals surface area contributed by atoms with Crippen LogP contribution in [0.25, 0.3) is 0 Å². The number of rotatable bonds is 4. The Balaban J connectivity index is 2.15. The lowest BCUT2D eigenvalue weighted by Crippen LogP contribution is -2.05. The lowest BCUT2D eigenvalue weighted by atomic mass is 10.2. The normalized spacial score (nSPS) is 12.2. The summed E-state index contributed by atoms with van der Waals surface area (Å²) in [5.74, 6) is 0.779. The van der Waals surface area contributed by atoms with Gasteiger partial charge in [0.25, 0.3) is 5.69 Å². The molecule has 1 aromatic carbocycles. The Bertz CT molecular complexity index is 613. The summed E-state index contributed by atoms with van der Waals surface area (Å²) in [5, 5.41) is 13.9. The van der Waals surface area contributed by atoms with Crippen LogP contribution in [0.15, 0.2) is 43.9 Å². The smallest absolute Gasteiger partial charge is 0.283 e. The molecule has 0 fully saturated rings. The number of halogens is 2. The van der Waals surface area contributed by atoms with Crippen LogP contribution in [-0.4, -0.2) is 4.92 Å². The van der Waals surface area contributed by atoms with Crippen LogP contribution in [0.4, 0.5) is 11.4 Å². The van der Waals surface area contributed by atoms with E-state index >= 15 is 0 Å². The highest BCUT2D eigenvalue weighted by molar-refractivity contribution is 9.10. The summed E-state index contributed by atoms with van der Waals surface area (Å²) >= 11 is 6.43. The third kappa shape index (κ3) is 3.36. The molecule has 2 rings (SSSR count). The Kier molecular flexibility index (Phi) is 4.26. The van der Waals surface area contributed by atoms with Crippen molar-refractivity contribution in [1.29, 1.82) is 0 Å². The molecule has 0 aliphatic rings. The first-order valence-electron chi connectivity index (χ1n) is 5.43. The molecule has 0 aliphatic carbocycles. The van der Waals surface area contributed by atoms with Gasteiger partial charge in [0.15, 0.2) is 4.67 Å². The molecule has 100 valence electrons. The molecule has 0 saturated heterocycles. The van der Waals surface area contributed by atoms with Crippen LogP contribution < -0.4 is 5.32 Å². The van der Waals surface area contributed by atoms with Crippen molar-refractivity contribution in [3.63, 3.8) is 0 Å². The van der Waals surface area contributed by atoms with Gasteiger partial charge in [-0.05, 0) is 63.0 Å². The molecule has 7 heteroatoms. The predicted octanol–water partition coefficient (Wildman–Crippen LogP) is 4.89. The maximum atomic E-state index is 10.7. The van der Waals surface area contributed by atoms with Gasteiger partial charge in [0.05, 0.1) is 15.4 Å². The number of nitrogens with one attached hydrogen (secondary N) is 1. The van der Waals surface area contributed by atoms with Crippen molar-refractivity contribution in [2.75, 3.05) is 5.32 Å². The molecule has 0 radical (unpaired) electrons. The highest BCUT2D eigenvalue weighted by atomic mass is 79.9. The highest BCUT2D eigenvalue weighted by Crippen LogP contribution is 2.30. The molecule has 0 bridgehead atoms. The Hall–Kier alpha value is -1.34. The van der Waals surface area contributed by atoms with E-state index in [1.54, 1.807) is 12.1 Å². The van der Waals surface area contributed by atoms with Gasteiger partial charge < -0.3 is 9.73 Å². The van der Waals surface area contributed by atoms with E-state index in [2.05, 4.69) is 37.2 Å². The molecule has 0 amide bonds. The maximum absolute atomic E-state index is 10.7. The second-order valence-electron chi connectivity index (χ2n) is 3.93. The van der Waals surface area contributed by atoms with Gasteiger partial charge in [0.2, 0.25) is 0 Å². The zero-order valence-electron chi connectivity index (χ0n) is 9.89. The molecule has 1 heterocycles. The molecular formula is C12H10Br2N2O3.